The second kappa shape index (κ2) is 8.26. The van der Waals surface area contributed by atoms with E-state index in [-0.39, 0.29) is 11.3 Å². The molecule has 2 aliphatic rings. The van der Waals surface area contributed by atoms with Gasteiger partial charge < -0.3 is 14.5 Å². The van der Waals surface area contributed by atoms with Crippen molar-refractivity contribution in [2.45, 2.75) is 46.0 Å². The van der Waals surface area contributed by atoms with E-state index in [4.69, 9.17) is 9.72 Å². The number of carbonyl (C=O) groups is 1. The van der Waals surface area contributed by atoms with E-state index in [1.807, 2.05) is 24.8 Å². The summed E-state index contributed by atoms with van der Waals surface area (Å²) in [5.41, 5.74) is 2.72. The van der Waals surface area contributed by atoms with Gasteiger partial charge in [0.05, 0.1) is 5.56 Å². The Hall–Kier alpha value is -2.13. The van der Waals surface area contributed by atoms with E-state index < -0.39 is 0 Å². The lowest BCUT2D eigenvalue weighted by Gasteiger charge is -2.48. The summed E-state index contributed by atoms with van der Waals surface area (Å²) in [6.07, 6.45) is 4.62. The summed E-state index contributed by atoms with van der Waals surface area (Å²) in [5, 5.41) is 9.64. The first kappa shape index (κ1) is 19.6. The van der Waals surface area contributed by atoms with Crippen LogP contribution in [0, 0.1) is 30.6 Å². The highest BCUT2D eigenvalue weighted by molar-refractivity contribution is 5.77. The molecule has 1 atom stereocenters. The molecular formula is C21H30N4O2. The molecule has 0 unspecified atom stereocenters. The Bertz CT molecular complexity index is 742. The summed E-state index contributed by atoms with van der Waals surface area (Å²) in [6.45, 7) is 8.00. The predicted molar refractivity (Wildman–Crippen MR) is 105 cm³/mol. The minimum absolute atomic E-state index is 0.102. The van der Waals surface area contributed by atoms with Gasteiger partial charge in [-0.25, -0.2) is 4.98 Å². The number of likely N-dealkylation sites (tertiary alicyclic amines) is 1. The molecule has 0 N–H and O–H groups in total. The zero-order valence-electron chi connectivity index (χ0n) is 16.8. The maximum Gasteiger partial charge on any atom is 0.222 e. The Morgan fingerprint density at radius 2 is 2.15 bits per heavy atom. The molecule has 1 aromatic rings. The lowest BCUT2D eigenvalue weighted by molar-refractivity contribution is -0.138. The highest BCUT2D eigenvalue weighted by atomic mass is 16.5. The molecule has 3 rings (SSSR count). The van der Waals surface area contributed by atoms with Crippen molar-refractivity contribution in [3.05, 3.63) is 22.9 Å². The van der Waals surface area contributed by atoms with Gasteiger partial charge in [-0.05, 0) is 51.2 Å². The van der Waals surface area contributed by atoms with Gasteiger partial charge in [0.1, 0.15) is 11.9 Å². The first-order valence-electron chi connectivity index (χ1n) is 9.88. The van der Waals surface area contributed by atoms with Gasteiger partial charge in [0, 0.05) is 57.4 Å². The third-order valence-corrected chi connectivity index (χ3v) is 5.92. The van der Waals surface area contributed by atoms with Crippen LogP contribution >= 0.6 is 0 Å². The topological polar surface area (TPSA) is 69.5 Å². The molecule has 3 heterocycles. The lowest BCUT2D eigenvalue weighted by atomic mass is 9.73. The van der Waals surface area contributed by atoms with Crippen LogP contribution in [-0.2, 0) is 9.53 Å². The molecule has 2 fully saturated rings. The highest BCUT2D eigenvalue weighted by Gasteiger charge is 2.42. The fraction of sp³-hybridized carbons (Fsp3) is 0.667. The van der Waals surface area contributed by atoms with Crippen LogP contribution in [0.25, 0.3) is 0 Å². The fourth-order valence-corrected chi connectivity index (χ4v) is 4.61. The predicted octanol–water partition coefficient (Wildman–Crippen LogP) is 2.82. The molecule has 27 heavy (non-hydrogen) atoms. The molecule has 2 aliphatic heterocycles. The summed E-state index contributed by atoms with van der Waals surface area (Å²) in [6, 6.07) is 4.32. The molecule has 0 radical (unpaired) electrons. The minimum Gasteiger partial charge on any atom is -0.385 e. The molecular weight excluding hydrogens is 340 g/mol. The van der Waals surface area contributed by atoms with E-state index in [9.17, 15) is 10.1 Å². The summed E-state index contributed by atoms with van der Waals surface area (Å²) in [7, 11) is 1.70. The second-order valence-electron chi connectivity index (χ2n) is 8.08. The zero-order chi connectivity index (χ0) is 19.4. The smallest absolute Gasteiger partial charge is 0.222 e. The molecule has 1 spiro atoms. The molecule has 0 saturated carbocycles. The van der Waals surface area contributed by atoms with Gasteiger partial charge in [0.25, 0.3) is 0 Å². The van der Waals surface area contributed by atoms with Crippen LogP contribution in [0.4, 0.5) is 5.82 Å². The number of nitrogens with zero attached hydrogens (tertiary/aromatic N) is 4. The van der Waals surface area contributed by atoms with Gasteiger partial charge in [-0.2, -0.15) is 5.26 Å². The number of hydrogen-bond acceptors (Lipinski definition) is 5. The Labute approximate surface area is 162 Å². The van der Waals surface area contributed by atoms with E-state index in [2.05, 4.69) is 11.0 Å². The molecule has 0 bridgehead atoms. The summed E-state index contributed by atoms with van der Waals surface area (Å²) >= 11 is 0. The number of nitriles is 1. The Morgan fingerprint density at radius 1 is 1.33 bits per heavy atom. The molecule has 0 aliphatic carbocycles. The molecule has 1 amide bonds. The number of anilines is 1. The van der Waals surface area contributed by atoms with Crippen LogP contribution in [0.2, 0.25) is 0 Å². The largest absolute Gasteiger partial charge is 0.385 e. The minimum atomic E-state index is 0.102. The quantitative estimate of drug-likeness (QED) is 0.746. The number of hydrogen-bond donors (Lipinski definition) is 0. The van der Waals surface area contributed by atoms with Crippen LogP contribution < -0.4 is 4.90 Å². The van der Waals surface area contributed by atoms with E-state index >= 15 is 0 Å². The monoisotopic (exact) mass is 370 g/mol. The average molecular weight is 370 g/mol. The highest BCUT2D eigenvalue weighted by Crippen LogP contribution is 2.40. The van der Waals surface area contributed by atoms with Gasteiger partial charge in [-0.15, -0.1) is 0 Å². The third-order valence-electron chi connectivity index (χ3n) is 5.92. The van der Waals surface area contributed by atoms with Gasteiger partial charge in [-0.1, -0.05) is 0 Å². The van der Waals surface area contributed by atoms with Crippen LogP contribution in [0.3, 0.4) is 0 Å². The number of carbonyl (C=O) groups excluding carboxylic acids is 1. The first-order valence-corrected chi connectivity index (χ1v) is 9.88. The van der Waals surface area contributed by atoms with Crippen molar-refractivity contribution in [3.8, 4) is 6.07 Å². The van der Waals surface area contributed by atoms with Crippen LogP contribution in [0.1, 0.15) is 48.9 Å². The van der Waals surface area contributed by atoms with Crippen molar-refractivity contribution < 1.29 is 9.53 Å². The standard InChI is InChI=1S/C21H30N4O2/c1-16-12-17(2)23-20(18(16)13-22)25-9-4-7-21(15-25)8-6-19(26)24(14-21)10-5-11-27-3/h12H,4-11,14-15H2,1-3H3/t21-/m0/s1. The summed E-state index contributed by atoms with van der Waals surface area (Å²) in [4.78, 5) is 21.4. The van der Waals surface area contributed by atoms with Crippen molar-refractivity contribution in [2.24, 2.45) is 5.41 Å². The first-order chi connectivity index (χ1) is 13.0. The normalized spacial score (nSPS) is 23.0. The van der Waals surface area contributed by atoms with Crippen molar-refractivity contribution in [3.63, 3.8) is 0 Å². The summed E-state index contributed by atoms with van der Waals surface area (Å²) in [5.74, 6) is 1.08. The summed E-state index contributed by atoms with van der Waals surface area (Å²) < 4.78 is 5.14. The molecule has 2 saturated heterocycles. The van der Waals surface area contributed by atoms with Crippen LogP contribution in [-0.4, -0.2) is 55.7 Å². The molecule has 0 aromatic carbocycles. The van der Waals surface area contributed by atoms with E-state index in [0.717, 1.165) is 68.9 Å². The Morgan fingerprint density at radius 3 is 2.89 bits per heavy atom. The molecule has 6 heteroatoms. The maximum absolute atomic E-state index is 12.4. The van der Waals surface area contributed by atoms with Crippen molar-refractivity contribution >= 4 is 11.7 Å². The van der Waals surface area contributed by atoms with E-state index in [1.54, 1.807) is 7.11 Å². The molecule has 1 aromatic heterocycles. The zero-order valence-corrected chi connectivity index (χ0v) is 16.8. The van der Waals surface area contributed by atoms with Gasteiger partial charge in [0.15, 0.2) is 0 Å². The van der Waals surface area contributed by atoms with Crippen molar-refractivity contribution in [1.82, 2.24) is 9.88 Å². The van der Waals surface area contributed by atoms with Crippen molar-refractivity contribution in [1.29, 1.82) is 5.26 Å². The van der Waals surface area contributed by atoms with E-state index in [0.29, 0.717) is 18.6 Å². The molecule has 6 nitrogen and oxygen atoms in total. The SMILES string of the molecule is COCCCN1C[C@]2(CCCN(c3nc(C)cc(C)c3C#N)C2)CCC1=O. The average Bonchev–Trinajstić information content (AvgIpc) is 2.64. The lowest BCUT2D eigenvalue weighted by Crippen LogP contribution is -2.54. The Balaban J connectivity index is 1.80. The number of aromatic nitrogens is 1. The number of rotatable bonds is 5. The number of pyridine rings is 1. The number of aryl methyl sites for hydroxylation is 2. The van der Waals surface area contributed by atoms with Gasteiger partial charge >= 0.3 is 0 Å². The van der Waals surface area contributed by atoms with Gasteiger partial charge in [-0.3, -0.25) is 4.79 Å². The van der Waals surface area contributed by atoms with E-state index in [1.165, 1.54) is 0 Å². The third kappa shape index (κ3) is 4.24. The van der Waals surface area contributed by atoms with Gasteiger partial charge in [0.2, 0.25) is 5.91 Å². The number of piperidine rings is 2. The van der Waals surface area contributed by atoms with Crippen molar-refractivity contribution in [2.75, 3.05) is 44.8 Å². The van der Waals surface area contributed by atoms with Crippen LogP contribution in [0.15, 0.2) is 6.07 Å². The van der Waals surface area contributed by atoms with Crippen LogP contribution in [0.5, 0.6) is 0 Å². The number of ether oxygens (including phenoxy) is 1. The maximum atomic E-state index is 12.4. The Kier molecular flexibility index (Phi) is 6.01. The number of methoxy groups -OCH3 is 1. The second-order valence-corrected chi connectivity index (χ2v) is 8.08. The fourth-order valence-electron chi connectivity index (χ4n) is 4.61. The number of amides is 1. The molecule has 146 valence electrons.